The van der Waals surface area contributed by atoms with Crippen molar-refractivity contribution in [3.8, 4) is 11.5 Å². The largest absolute Gasteiger partial charge is 0.506 e. The van der Waals surface area contributed by atoms with Gasteiger partial charge in [-0.2, -0.15) is 5.10 Å². The number of phenols is 1. The summed E-state index contributed by atoms with van der Waals surface area (Å²) in [6.45, 7) is -0.271. The maximum Gasteiger partial charge on any atom is 0.277 e. The summed E-state index contributed by atoms with van der Waals surface area (Å²) in [7, 11) is 0. The zero-order chi connectivity index (χ0) is 17.7. The van der Waals surface area contributed by atoms with Crippen LogP contribution < -0.4 is 10.2 Å². The van der Waals surface area contributed by atoms with Crippen molar-refractivity contribution in [1.82, 2.24) is 5.43 Å². The summed E-state index contributed by atoms with van der Waals surface area (Å²) in [5, 5.41) is 14.4. The lowest BCUT2D eigenvalue weighted by molar-refractivity contribution is -0.123. The molecule has 0 aliphatic carbocycles. The minimum atomic E-state index is -0.481. The van der Waals surface area contributed by atoms with Crippen LogP contribution in [-0.4, -0.2) is 23.8 Å². The van der Waals surface area contributed by atoms with Crippen molar-refractivity contribution in [3.05, 3.63) is 54.9 Å². The molecule has 2 aromatic rings. The van der Waals surface area contributed by atoms with Gasteiger partial charge in [0, 0.05) is 15.1 Å². The maximum absolute atomic E-state index is 11.7. The zero-order valence-corrected chi connectivity index (χ0v) is 16.6. The van der Waals surface area contributed by atoms with Gasteiger partial charge in [0.1, 0.15) is 11.5 Å². The van der Waals surface area contributed by atoms with Gasteiger partial charge in [-0.05, 0) is 46.3 Å². The predicted molar refractivity (Wildman–Crippen MR) is 101 cm³/mol. The summed E-state index contributed by atoms with van der Waals surface area (Å²) >= 11 is 18.2. The number of halogens is 4. The second-order valence-corrected chi connectivity index (χ2v) is 7.10. The molecule has 24 heavy (non-hydrogen) atoms. The van der Waals surface area contributed by atoms with Crippen LogP contribution in [0.15, 0.2) is 44.4 Å². The van der Waals surface area contributed by atoms with E-state index in [4.69, 9.17) is 27.9 Å². The van der Waals surface area contributed by atoms with Gasteiger partial charge in [0.2, 0.25) is 0 Å². The number of benzene rings is 2. The first kappa shape index (κ1) is 19.1. The molecule has 0 aromatic heterocycles. The van der Waals surface area contributed by atoms with Crippen molar-refractivity contribution in [3.63, 3.8) is 0 Å². The van der Waals surface area contributed by atoms with Gasteiger partial charge in [-0.1, -0.05) is 39.1 Å². The number of carbonyl (C=O) groups is 1. The molecule has 0 atom stereocenters. The fraction of sp³-hybridized carbons (Fsp3) is 0.0667. The Hall–Kier alpha value is -1.28. The van der Waals surface area contributed by atoms with Crippen molar-refractivity contribution in [2.24, 2.45) is 5.10 Å². The van der Waals surface area contributed by atoms with E-state index >= 15 is 0 Å². The third kappa shape index (κ3) is 5.37. The van der Waals surface area contributed by atoms with Crippen LogP contribution in [0.2, 0.25) is 10.0 Å². The molecule has 5 nitrogen and oxygen atoms in total. The van der Waals surface area contributed by atoms with Crippen LogP contribution in [0, 0.1) is 0 Å². The number of hydrazone groups is 1. The highest BCUT2D eigenvalue weighted by Crippen LogP contribution is 2.30. The molecule has 2 aromatic carbocycles. The average Bonchev–Trinajstić information content (AvgIpc) is 2.51. The molecule has 2 N–H and O–H groups in total. The van der Waals surface area contributed by atoms with Gasteiger partial charge < -0.3 is 9.84 Å². The Morgan fingerprint density at radius 3 is 2.75 bits per heavy atom. The highest BCUT2D eigenvalue weighted by Gasteiger charge is 2.07. The fourth-order valence-electron chi connectivity index (χ4n) is 1.63. The van der Waals surface area contributed by atoms with E-state index in [0.29, 0.717) is 25.8 Å². The van der Waals surface area contributed by atoms with Crippen LogP contribution in [0.4, 0.5) is 0 Å². The monoisotopic (exact) mass is 494 g/mol. The molecule has 126 valence electrons. The second kappa shape index (κ2) is 8.71. The third-order valence-electron chi connectivity index (χ3n) is 2.70. The molecule has 1 amide bonds. The fourth-order valence-corrected chi connectivity index (χ4v) is 3.35. The lowest BCUT2D eigenvalue weighted by Crippen LogP contribution is -2.24. The molecule has 0 fully saturated rings. The average molecular weight is 497 g/mol. The normalized spacial score (nSPS) is 10.8. The van der Waals surface area contributed by atoms with E-state index in [1.807, 2.05) is 0 Å². The summed E-state index contributed by atoms with van der Waals surface area (Å²) in [6, 6.07) is 8.03. The van der Waals surface area contributed by atoms with E-state index in [2.05, 4.69) is 42.4 Å². The minimum absolute atomic E-state index is 0.0143. The van der Waals surface area contributed by atoms with E-state index in [-0.39, 0.29) is 12.4 Å². The van der Waals surface area contributed by atoms with E-state index < -0.39 is 5.91 Å². The molecule has 2 rings (SSSR count). The van der Waals surface area contributed by atoms with Crippen molar-refractivity contribution in [2.75, 3.05) is 6.61 Å². The second-order valence-electron chi connectivity index (χ2n) is 4.48. The Kier molecular flexibility index (Phi) is 6.91. The predicted octanol–water partition coefficient (Wildman–Crippen LogP) is 4.75. The van der Waals surface area contributed by atoms with Gasteiger partial charge in [0.15, 0.2) is 6.61 Å². The van der Waals surface area contributed by atoms with Crippen molar-refractivity contribution < 1.29 is 14.6 Å². The number of aromatic hydroxyl groups is 1. The zero-order valence-electron chi connectivity index (χ0n) is 11.9. The van der Waals surface area contributed by atoms with Crippen molar-refractivity contribution in [2.45, 2.75) is 0 Å². The standard InChI is InChI=1S/C15H10Br2Cl2N2O3/c16-9-3-8(15(23)11(17)4-9)6-20-21-14(22)7-24-13-2-1-10(18)5-12(13)19/h1-6,23H,7H2,(H,21,22). The van der Waals surface area contributed by atoms with E-state index in [1.165, 1.54) is 12.3 Å². The van der Waals surface area contributed by atoms with Gasteiger partial charge in [-0.15, -0.1) is 0 Å². The van der Waals surface area contributed by atoms with Crippen molar-refractivity contribution in [1.29, 1.82) is 0 Å². The van der Waals surface area contributed by atoms with Crippen LogP contribution in [0.3, 0.4) is 0 Å². The van der Waals surface area contributed by atoms with Gasteiger partial charge in [0.05, 0.1) is 15.7 Å². The number of hydrogen-bond acceptors (Lipinski definition) is 4. The number of phenolic OH excluding ortho intramolecular Hbond substituents is 1. The molecule has 0 aliphatic heterocycles. The smallest absolute Gasteiger partial charge is 0.277 e. The first-order valence-electron chi connectivity index (χ1n) is 6.44. The summed E-state index contributed by atoms with van der Waals surface area (Å²) < 4.78 is 6.53. The molecule has 9 heteroatoms. The van der Waals surface area contributed by atoms with Gasteiger partial charge in [-0.25, -0.2) is 5.43 Å². The Bertz CT molecular complexity index is 801. The number of nitrogens with zero attached hydrogens (tertiary/aromatic N) is 1. The van der Waals surface area contributed by atoms with Crippen LogP contribution in [0.5, 0.6) is 11.5 Å². The molecule has 0 saturated heterocycles. The Labute approximate surface area is 164 Å². The molecule has 0 radical (unpaired) electrons. The Morgan fingerprint density at radius 1 is 1.29 bits per heavy atom. The number of carbonyl (C=O) groups excluding carboxylic acids is 1. The van der Waals surface area contributed by atoms with Crippen LogP contribution in [-0.2, 0) is 4.79 Å². The minimum Gasteiger partial charge on any atom is -0.506 e. The van der Waals surface area contributed by atoms with Crippen LogP contribution in [0.25, 0.3) is 0 Å². The van der Waals surface area contributed by atoms with Crippen molar-refractivity contribution >= 4 is 67.2 Å². The molecule has 0 aliphatic rings. The number of ether oxygens (including phenoxy) is 1. The van der Waals surface area contributed by atoms with Crippen LogP contribution in [0.1, 0.15) is 5.56 Å². The quantitative estimate of drug-likeness (QED) is 0.463. The molecular weight excluding hydrogens is 487 g/mol. The molecule has 0 bridgehead atoms. The summed E-state index contributed by atoms with van der Waals surface area (Å²) in [5.41, 5.74) is 2.72. The molecule has 0 unspecified atom stereocenters. The highest BCUT2D eigenvalue weighted by molar-refractivity contribution is 9.11. The highest BCUT2D eigenvalue weighted by atomic mass is 79.9. The topological polar surface area (TPSA) is 70.9 Å². The number of amides is 1. The first-order valence-corrected chi connectivity index (χ1v) is 8.79. The molecule has 0 saturated carbocycles. The number of nitrogens with one attached hydrogen (secondary N) is 1. The number of hydrogen-bond donors (Lipinski definition) is 2. The van der Waals surface area contributed by atoms with Crippen LogP contribution >= 0.6 is 55.1 Å². The Balaban J connectivity index is 1.91. The molecule has 0 spiro atoms. The molecule has 0 heterocycles. The third-order valence-corrected chi connectivity index (χ3v) is 4.30. The summed E-state index contributed by atoms with van der Waals surface area (Å²) in [4.78, 5) is 11.7. The maximum atomic E-state index is 11.7. The molecular formula is C15H10Br2Cl2N2O3. The first-order chi connectivity index (χ1) is 11.4. The Morgan fingerprint density at radius 2 is 2.04 bits per heavy atom. The lowest BCUT2D eigenvalue weighted by Gasteiger charge is -2.07. The SMILES string of the molecule is O=C(COc1ccc(Cl)cc1Cl)NN=Cc1cc(Br)cc(Br)c1O. The van der Waals surface area contributed by atoms with E-state index in [9.17, 15) is 9.90 Å². The lowest BCUT2D eigenvalue weighted by atomic mass is 10.2. The summed E-state index contributed by atoms with van der Waals surface area (Å²) in [5.74, 6) is -0.125. The van der Waals surface area contributed by atoms with Gasteiger partial charge >= 0.3 is 0 Å². The van der Waals surface area contributed by atoms with E-state index in [1.54, 1.807) is 24.3 Å². The van der Waals surface area contributed by atoms with Gasteiger partial charge in [0.25, 0.3) is 5.91 Å². The summed E-state index contributed by atoms with van der Waals surface area (Å²) in [6.07, 6.45) is 1.32. The van der Waals surface area contributed by atoms with E-state index in [0.717, 1.165) is 4.47 Å². The van der Waals surface area contributed by atoms with Gasteiger partial charge in [-0.3, -0.25) is 4.79 Å². The number of rotatable bonds is 5.